The molecule has 0 atom stereocenters. The van der Waals surface area contributed by atoms with E-state index in [1.165, 1.54) is 6.42 Å². The van der Waals surface area contributed by atoms with E-state index in [4.69, 9.17) is 0 Å². The summed E-state index contributed by atoms with van der Waals surface area (Å²) in [5.41, 5.74) is -0.231. The fraction of sp³-hybridized carbons (Fsp3) is 0.786. The summed E-state index contributed by atoms with van der Waals surface area (Å²) in [6, 6.07) is 0. The van der Waals surface area contributed by atoms with Crippen molar-refractivity contribution in [3.05, 3.63) is 10.6 Å². The Morgan fingerprint density at radius 3 is 2.60 bits per heavy atom. The van der Waals surface area contributed by atoms with Crippen molar-refractivity contribution in [1.82, 2.24) is 14.9 Å². The molecule has 20 heavy (non-hydrogen) atoms. The number of carbonyl (C=O) groups is 1. The van der Waals surface area contributed by atoms with Crippen LogP contribution in [0.5, 0.6) is 0 Å². The van der Waals surface area contributed by atoms with Crippen LogP contribution in [0.3, 0.4) is 0 Å². The molecule has 1 aliphatic rings. The van der Waals surface area contributed by atoms with Gasteiger partial charge in [-0.25, -0.2) is 0 Å². The molecule has 1 fully saturated rings. The van der Waals surface area contributed by atoms with Gasteiger partial charge in [-0.1, -0.05) is 44.5 Å². The number of aliphatic hydroxyl groups is 1. The number of nitrogens with one attached hydrogen (secondary N) is 1. The van der Waals surface area contributed by atoms with Gasteiger partial charge in [0.15, 0.2) is 0 Å². The van der Waals surface area contributed by atoms with Crippen LogP contribution in [0.15, 0.2) is 0 Å². The van der Waals surface area contributed by atoms with E-state index in [2.05, 4.69) is 14.9 Å². The first-order valence-corrected chi connectivity index (χ1v) is 7.93. The lowest BCUT2D eigenvalue weighted by Gasteiger charge is -2.32. The Kier molecular flexibility index (Phi) is 4.44. The fourth-order valence-electron chi connectivity index (χ4n) is 2.54. The molecule has 1 aliphatic carbocycles. The van der Waals surface area contributed by atoms with Crippen molar-refractivity contribution in [2.75, 3.05) is 6.54 Å². The predicted octanol–water partition coefficient (Wildman–Crippen LogP) is 2.26. The van der Waals surface area contributed by atoms with Crippen molar-refractivity contribution in [3.8, 4) is 0 Å². The second-order valence-corrected chi connectivity index (χ2v) is 7.42. The van der Waals surface area contributed by atoms with Crippen LogP contribution in [0, 0.1) is 0 Å². The van der Waals surface area contributed by atoms with Gasteiger partial charge in [0.1, 0.15) is 4.88 Å². The van der Waals surface area contributed by atoms with Gasteiger partial charge in [-0.2, -0.15) is 0 Å². The van der Waals surface area contributed by atoms with Gasteiger partial charge in [0.05, 0.1) is 11.3 Å². The third-order valence-corrected chi connectivity index (χ3v) is 4.49. The number of aromatic nitrogens is 2. The predicted molar refractivity (Wildman–Crippen MR) is 79.0 cm³/mol. The molecule has 1 saturated carbocycles. The minimum atomic E-state index is -0.742. The summed E-state index contributed by atoms with van der Waals surface area (Å²) in [6.45, 7) is 6.34. The van der Waals surface area contributed by atoms with E-state index in [1.807, 2.05) is 20.8 Å². The van der Waals surface area contributed by atoms with Crippen LogP contribution < -0.4 is 5.32 Å². The molecule has 0 aliphatic heterocycles. The third kappa shape index (κ3) is 3.55. The second-order valence-electron chi connectivity index (χ2n) is 6.67. The van der Waals surface area contributed by atoms with Gasteiger partial charge in [-0.15, -0.1) is 5.10 Å². The number of amides is 1. The quantitative estimate of drug-likeness (QED) is 0.897. The highest BCUT2D eigenvalue weighted by Crippen LogP contribution is 2.28. The summed E-state index contributed by atoms with van der Waals surface area (Å²) in [5, 5.41) is 17.3. The summed E-state index contributed by atoms with van der Waals surface area (Å²) in [7, 11) is 0. The van der Waals surface area contributed by atoms with Gasteiger partial charge in [0.2, 0.25) is 0 Å². The van der Waals surface area contributed by atoms with Crippen LogP contribution in [0.2, 0.25) is 0 Å². The van der Waals surface area contributed by atoms with E-state index < -0.39 is 5.60 Å². The monoisotopic (exact) mass is 297 g/mol. The van der Waals surface area contributed by atoms with Gasteiger partial charge >= 0.3 is 0 Å². The van der Waals surface area contributed by atoms with Crippen molar-refractivity contribution in [2.24, 2.45) is 0 Å². The average Bonchev–Trinajstić information content (AvgIpc) is 2.86. The maximum Gasteiger partial charge on any atom is 0.265 e. The van der Waals surface area contributed by atoms with Gasteiger partial charge in [-0.05, 0) is 24.4 Å². The summed E-state index contributed by atoms with van der Waals surface area (Å²) in [6.07, 6.45) is 4.76. The molecule has 0 unspecified atom stereocenters. The Hall–Kier alpha value is -1.01. The number of hydrogen-bond donors (Lipinski definition) is 2. The zero-order valence-electron chi connectivity index (χ0n) is 12.4. The van der Waals surface area contributed by atoms with Gasteiger partial charge in [0.25, 0.3) is 5.91 Å². The molecule has 0 saturated heterocycles. The first kappa shape index (κ1) is 15.4. The number of rotatable bonds is 3. The minimum absolute atomic E-state index is 0.177. The van der Waals surface area contributed by atoms with Gasteiger partial charge < -0.3 is 10.4 Å². The zero-order chi connectivity index (χ0) is 14.8. The van der Waals surface area contributed by atoms with E-state index in [0.717, 1.165) is 42.9 Å². The molecule has 1 heterocycles. The minimum Gasteiger partial charge on any atom is -0.388 e. The molecule has 2 N–H and O–H groups in total. The Morgan fingerprint density at radius 1 is 1.35 bits per heavy atom. The van der Waals surface area contributed by atoms with Crippen molar-refractivity contribution in [3.63, 3.8) is 0 Å². The summed E-state index contributed by atoms with van der Waals surface area (Å²) < 4.78 is 3.89. The largest absolute Gasteiger partial charge is 0.388 e. The van der Waals surface area contributed by atoms with E-state index in [0.29, 0.717) is 11.4 Å². The highest BCUT2D eigenvalue weighted by atomic mass is 32.1. The zero-order valence-corrected chi connectivity index (χ0v) is 13.2. The topological polar surface area (TPSA) is 75.1 Å². The molecule has 0 aromatic carbocycles. The van der Waals surface area contributed by atoms with E-state index >= 15 is 0 Å². The van der Waals surface area contributed by atoms with Crippen molar-refractivity contribution < 1.29 is 9.90 Å². The molecular formula is C14H23N3O2S. The van der Waals surface area contributed by atoms with Crippen LogP contribution >= 0.6 is 11.5 Å². The van der Waals surface area contributed by atoms with Crippen LogP contribution in [0.1, 0.15) is 68.2 Å². The molecule has 0 bridgehead atoms. The molecule has 5 nitrogen and oxygen atoms in total. The fourth-order valence-corrected chi connectivity index (χ4v) is 3.33. The van der Waals surface area contributed by atoms with Crippen molar-refractivity contribution >= 4 is 17.4 Å². The van der Waals surface area contributed by atoms with Crippen LogP contribution in [0.4, 0.5) is 0 Å². The maximum atomic E-state index is 12.3. The third-order valence-electron chi connectivity index (χ3n) is 3.77. The summed E-state index contributed by atoms with van der Waals surface area (Å²) >= 11 is 1.12. The van der Waals surface area contributed by atoms with Crippen LogP contribution in [-0.4, -0.2) is 32.7 Å². The molecule has 1 amide bonds. The summed E-state index contributed by atoms with van der Waals surface area (Å²) in [5.74, 6) is -0.177. The lowest BCUT2D eigenvalue weighted by molar-refractivity contribution is 0.00528. The highest BCUT2D eigenvalue weighted by molar-refractivity contribution is 7.08. The molecule has 6 heteroatoms. The van der Waals surface area contributed by atoms with Crippen molar-refractivity contribution in [2.45, 2.75) is 63.9 Å². The highest BCUT2D eigenvalue weighted by Gasteiger charge is 2.31. The second kappa shape index (κ2) is 5.77. The number of carbonyl (C=O) groups excluding carboxylic acids is 1. The first-order chi connectivity index (χ1) is 9.32. The molecule has 1 aromatic rings. The molecule has 0 radical (unpaired) electrons. The van der Waals surface area contributed by atoms with Crippen LogP contribution in [-0.2, 0) is 5.41 Å². The molecule has 1 aromatic heterocycles. The standard InChI is InChI=1S/C14H23N3O2S/c1-13(2,3)11-10(20-17-16-11)12(18)15-9-14(19)7-5-4-6-8-14/h19H,4-9H2,1-3H3,(H,15,18). The van der Waals surface area contributed by atoms with E-state index in [1.54, 1.807) is 0 Å². The number of nitrogens with zero attached hydrogens (tertiary/aromatic N) is 2. The smallest absolute Gasteiger partial charge is 0.265 e. The number of hydrogen-bond acceptors (Lipinski definition) is 5. The molecule has 0 spiro atoms. The molecule has 2 rings (SSSR count). The van der Waals surface area contributed by atoms with Crippen molar-refractivity contribution in [1.29, 1.82) is 0 Å². The van der Waals surface area contributed by atoms with Gasteiger partial charge in [-0.3, -0.25) is 4.79 Å². The lowest BCUT2D eigenvalue weighted by Crippen LogP contribution is -2.44. The lowest BCUT2D eigenvalue weighted by atomic mass is 9.85. The van der Waals surface area contributed by atoms with E-state index in [-0.39, 0.29) is 11.3 Å². The maximum absolute atomic E-state index is 12.3. The molecular weight excluding hydrogens is 274 g/mol. The average molecular weight is 297 g/mol. The van der Waals surface area contributed by atoms with E-state index in [9.17, 15) is 9.90 Å². The Morgan fingerprint density at radius 2 is 2.00 bits per heavy atom. The normalized spacial score (nSPS) is 18.8. The Bertz CT molecular complexity index is 473. The SMILES string of the molecule is CC(C)(C)c1nnsc1C(=O)NCC1(O)CCCCC1. The van der Waals surface area contributed by atoms with Crippen LogP contribution in [0.25, 0.3) is 0 Å². The Balaban J connectivity index is 2.00. The molecule has 112 valence electrons. The summed E-state index contributed by atoms with van der Waals surface area (Å²) in [4.78, 5) is 12.8. The first-order valence-electron chi connectivity index (χ1n) is 7.15. The Labute approximate surface area is 123 Å². The van der Waals surface area contributed by atoms with Gasteiger partial charge in [0, 0.05) is 12.0 Å².